The van der Waals surface area contributed by atoms with Crippen molar-refractivity contribution in [1.29, 1.82) is 0 Å². The number of halogens is 1. The van der Waals surface area contributed by atoms with Crippen molar-refractivity contribution in [2.24, 2.45) is 11.3 Å². The van der Waals surface area contributed by atoms with E-state index in [0.29, 0.717) is 42.8 Å². The molecule has 7 N–H and O–H groups in total. The van der Waals surface area contributed by atoms with Gasteiger partial charge < -0.3 is 51.2 Å². The lowest BCUT2D eigenvalue weighted by Gasteiger charge is -2.42. The van der Waals surface area contributed by atoms with Gasteiger partial charge in [0.1, 0.15) is 18.4 Å². The Bertz CT molecular complexity index is 3680. The fourth-order valence-electron chi connectivity index (χ4n) is 13.2. The van der Waals surface area contributed by atoms with Gasteiger partial charge in [0.2, 0.25) is 23.3 Å². The van der Waals surface area contributed by atoms with E-state index in [-0.39, 0.29) is 49.5 Å². The molecule has 1 saturated carbocycles. The molecule has 0 bridgehead atoms. The normalized spacial score (nSPS) is 19.9. The summed E-state index contributed by atoms with van der Waals surface area (Å²) in [6.07, 6.45) is 9.91. The minimum Gasteiger partial charge on any atom is -0.492 e. The van der Waals surface area contributed by atoms with Crippen molar-refractivity contribution < 1.29 is 28.6 Å². The van der Waals surface area contributed by atoms with Crippen LogP contribution in [-0.2, 0) is 22.7 Å². The van der Waals surface area contributed by atoms with Crippen molar-refractivity contribution in [2.75, 3.05) is 81.5 Å². The maximum Gasteiger partial charge on any atom is 0.286 e. The maximum absolute atomic E-state index is 14.8. The number of benzene rings is 3. The number of aryl methyl sites for hydroxylation is 1. The highest BCUT2D eigenvalue weighted by molar-refractivity contribution is 7.13. The maximum atomic E-state index is 14.8. The number of β-amino-alcohol motifs (C(OH)–C–C–N with tert-alkyl or cyclic N) is 1. The van der Waals surface area contributed by atoms with Crippen molar-refractivity contribution in [3.05, 3.63) is 107 Å². The quantitative estimate of drug-likeness (QED) is 0.0313. The third kappa shape index (κ3) is 14.5. The molecule has 1 radical (unpaired) electrons. The lowest BCUT2D eigenvalue weighted by molar-refractivity contribution is -0.138. The third-order valence-electron chi connectivity index (χ3n) is 18.8. The van der Waals surface area contributed by atoms with Crippen LogP contribution in [-0.4, -0.2) is 171 Å². The topological polar surface area (TPSA) is 231 Å². The average molecular weight is 1260 g/mol. The minimum atomic E-state index is -2.28. The highest BCUT2D eigenvalue weighted by Crippen LogP contribution is 2.41. The molecule has 8 heterocycles. The van der Waals surface area contributed by atoms with E-state index < -0.39 is 44.0 Å². The molecule has 0 unspecified atom stereocenters. The van der Waals surface area contributed by atoms with E-state index in [1.807, 2.05) is 47.5 Å². The van der Waals surface area contributed by atoms with E-state index in [0.717, 1.165) is 157 Å². The summed E-state index contributed by atoms with van der Waals surface area (Å²) in [6.45, 7) is 20.6. The summed E-state index contributed by atoms with van der Waals surface area (Å²) in [6, 6.07) is 23.1. The van der Waals surface area contributed by atoms with Crippen LogP contribution in [0.5, 0.6) is 5.75 Å². The van der Waals surface area contributed by atoms with Crippen LogP contribution in [0, 0.1) is 18.3 Å². The summed E-state index contributed by atoms with van der Waals surface area (Å²) in [5.74, 6) is 1.49. The number of rotatable bonds is 22. The molecule has 4 aromatic heterocycles. The summed E-state index contributed by atoms with van der Waals surface area (Å²) < 4.78 is 24.6. The van der Waals surface area contributed by atoms with Gasteiger partial charge in [0.25, 0.3) is 14.9 Å². The molecule has 4 saturated heterocycles. The molecule has 5 aliphatic rings. The van der Waals surface area contributed by atoms with Gasteiger partial charge in [0, 0.05) is 85.3 Å². The number of nitrogens with one attached hydrogen (secondary N) is 6. The first kappa shape index (κ1) is 63.0. The molecule has 5 fully saturated rings. The van der Waals surface area contributed by atoms with Gasteiger partial charge in [0.05, 0.1) is 34.1 Å². The fourth-order valence-corrected chi connectivity index (χ4v) is 16.3. The molecule has 12 rings (SSSR count). The van der Waals surface area contributed by atoms with Gasteiger partial charge in [-0.1, -0.05) is 77.1 Å². The number of aliphatic hydroxyl groups is 1. The van der Waals surface area contributed by atoms with Gasteiger partial charge in [-0.25, -0.2) is 9.37 Å². The number of pyridine rings is 1. The van der Waals surface area contributed by atoms with Crippen LogP contribution < -0.4 is 36.6 Å². The van der Waals surface area contributed by atoms with E-state index >= 15 is 0 Å². The second-order valence-electron chi connectivity index (χ2n) is 26.7. The minimum absolute atomic E-state index is 0.0247. The number of hydrogen-bond acceptors (Lipinski definition) is 17. The standard InChI is InChI=1S/C67H87FN15O5SSi/c1-42(2)55-38-75-83-60(55)78-63(76-50-11-9-24-69-37-50)79-64(83)72-35-47-10-7-8-12-53(47)57-54-16-15-49(32-45(54)17-25-70-57)71-34-44-18-28-81(29-19-44)51-20-26-80(27-21-51)30-31-88-56-33-46(58-43(3)74-41-89-58)13-14-48(56)36-73-65(87)90-40-52(84)39-82(90)61(85)59(66(4,5)6)77-62(86)67(68)22-23-67/h7-8,10,12-17,25,32-33,38,41-42,44,50-52,59,69,71,84H,9,11,18-24,26-31,34-37,39-40H2,1-6H3,(H,73,87)(H,77,86)(H2,72,76,78,79)/t50-,52+,59-/m1/s1. The van der Waals surface area contributed by atoms with Crippen molar-refractivity contribution in [2.45, 2.75) is 148 Å². The molecular formula is C67H87FN15O5SSi. The van der Waals surface area contributed by atoms with Gasteiger partial charge >= 0.3 is 0 Å². The highest BCUT2D eigenvalue weighted by atomic mass is 32.1. The number of ether oxygens (including phenoxy) is 1. The molecule has 7 aromatic rings. The number of carbonyl (C=O) groups excluding carboxylic acids is 3. The zero-order valence-corrected chi connectivity index (χ0v) is 54.6. The second kappa shape index (κ2) is 27.4. The lowest BCUT2D eigenvalue weighted by atomic mass is 9.86. The van der Waals surface area contributed by atoms with Crippen molar-refractivity contribution in [3.63, 3.8) is 0 Å². The first-order valence-electron chi connectivity index (χ1n) is 32.4. The molecule has 3 atom stereocenters. The number of thiazole rings is 1. The number of nitrogens with zero attached hydrogens (tertiary/aromatic N) is 9. The molecule has 4 aliphatic heterocycles. The Balaban J connectivity index is 0.612. The zero-order chi connectivity index (χ0) is 62.7. The van der Waals surface area contributed by atoms with Crippen molar-refractivity contribution >= 4 is 71.6 Å². The Morgan fingerprint density at radius 1 is 0.933 bits per heavy atom. The van der Waals surface area contributed by atoms with Crippen molar-refractivity contribution in [1.82, 2.24) is 59.9 Å². The molecule has 3 aromatic carbocycles. The van der Waals surface area contributed by atoms with E-state index in [9.17, 15) is 23.9 Å². The summed E-state index contributed by atoms with van der Waals surface area (Å²) >= 11 is 1.57. The second-order valence-corrected chi connectivity index (χ2v) is 29.8. The van der Waals surface area contributed by atoms with E-state index in [1.54, 1.807) is 32.1 Å². The number of aliphatic hydroxyl groups excluding tert-OH is 1. The summed E-state index contributed by atoms with van der Waals surface area (Å²) in [7, 11) is -2.28. The van der Waals surface area contributed by atoms with Gasteiger partial charge in [-0.05, 0) is 155 Å². The van der Waals surface area contributed by atoms with Gasteiger partial charge in [0.15, 0.2) is 11.3 Å². The third-order valence-corrected chi connectivity index (χ3v) is 22.4. The Morgan fingerprint density at radius 2 is 1.74 bits per heavy atom. The van der Waals surface area contributed by atoms with Crippen LogP contribution in [0.2, 0.25) is 6.04 Å². The Morgan fingerprint density at radius 3 is 2.49 bits per heavy atom. The van der Waals surface area contributed by atoms with Crippen LogP contribution in [0.25, 0.3) is 38.1 Å². The highest BCUT2D eigenvalue weighted by Gasteiger charge is 2.54. The molecular weight excluding hydrogens is 1170 g/mol. The SMILES string of the molecule is Cc1ncsc1-c1ccc(CNC(=O)[Si]2C[C@@H](O)CN2C(=O)[C@@H](NC(=O)C2(F)CC2)C(C)(C)C)c(OCCN2CCC(N3CCC(CNc4ccc5c(-c6ccccc6CNc6nc(N[C@@H]7CCCNC7)nc7c(C(C)C)cnn67)nccc5c4)CC3)CC2)c1. The molecule has 0 spiro atoms. The molecule has 20 nitrogen and oxygen atoms in total. The number of fused-ring (bicyclic) bond motifs is 2. The van der Waals surface area contributed by atoms with Gasteiger partial charge in [-0.15, -0.1) is 11.3 Å². The van der Waals surface area contributed by atoms with E-state index in [2.05, 4.69) is 109 Å². The average Bonchev–Trinajstić information content (AvgIpc) is 2.10. The molecule has 23 heteroatoms. The predicted molar refractivity (Wildman–Crippen MR) is 354 cm³/mol. The number of alkyl halides is 1. The number of likely N-dealkylation sites (tertiary alicyclic amines) is 2. The number of piperidine rings is 3. The Hall–Kier alpha value is -7.15. The summed E-state index contributed by atoms with van der Waals surface area (Å²) in [4.78, 5) is 66.5. The molecule has 477 valence electrons. The van der Waals surface area contributed by atoms with Crippen molar-refractivity contribution in [3.8, 4) is 27.4 Å². The van der Waals surface area contributed by atoms with Crippen LogP contribution in [0.3, 0.4) is 0 Å². The number of amides is 3. The monoisotopic (exact) mass is 1260 g/mol. The smallest absolute Gasteiger partial charge is 0.286 e. The number of hydrogen-bond donors (Lipinski definition) is 7. The first-order valence-corrected chi connectivity index (χ1v) is 34.9. The number of anilines is 3. The number of carbonyl (C=O) groups is 3. The number of aromatic nitrogens is 6. The van der Waals surface area contributed by atoms with Crippen LogP contribution >= 0.6 is 11.3 Å². The first-order chi connectivity index (χ1) is 43.4. The predicted octanol–water partition coefficient (Wildman–Crippen LogP) is 9.36. The van der Waals surface area contributed by atoms with E-state index in [1.165, 1.54) is 4.57 Å². The zero-order valence-electron chi connectivity index (χ0n) is 52.8. The molecule has 90 heavy (non-hydrogen) atoms. The van der Waals surface area contributed by atoms with Crippen LogP contribution in [0.4, 0.5) is 26.8 Å². The largest absolute Gasteiger partial charge is 0.492 e. The molecule has 1 aliphatic carbocycles. The lowest BCUT2D eigenvalue weighted by Crippen LogP contribution is -2.60. The fraction of sp³-hybridized carbons (Fsp3) is 0.522. The summed E-state index contributed by atoms with van der Waals surface area (Å²) in [5.41, 5.74) is 7.62. The van der Waals surface area contributed by atoms with E-state index in [4.69, 9.17) is 24.8 Å². The molecule has 3 amide bonds. The Kier molecular flexibility index (Phi) is 19.2. The van der Waals surface area contributed by atoms with Crippen LogP contribution in [0.15, 0.2) is 84.6 Å². The van der Waals surface area contributed by atoms with Gasteiger partial charge in [-0.2, -0.15) is 19.6 Å². The summed E-state index contributed by atoms with van der Waals surface area (Å²) in [5, 5.41) is 38.0. The Labute approximate surface area is 532 Å². The van der Waals surface area contributed by atoms with Gasteiger partial charge in [-0.3, -0.25) is 24.3 Å². The van der Waals surface area contributed by atoms with Crippen LogP contribution in [0.1, 0.15) is 114 Å².